The summed E-state index contributed by atoms with van der Waals surface area (Å²) in [6.07, 6.45) is 14.2. The molecule has 2 heteroatoms. The average Bonchev–Trinajstić information content (AvgIpc) is 2.63. The first-order chi connectivity index (χ1) is 11.7. The minimum atomic E-state index is -0.836. The fourth-order valence-electron chi connectivity index (χ4n) is 4.95. The van der Waals surface area contributed by atoms with Gasteiger partial charge in [0.2, 0.25) is 0 Å². The van der Waals surface area contributed by atoms with Crippen LogP contribution in [0, 0.1) is 17.8 Å². The zero-order chi connectivity index (χ0) is 16.9. The Hall–Kier alpha value is -1.57. The van der Waals surface area contributed by atoms with Gasteiger partial charge < -0.3 is 5.11 Å². The molecule has 2 nitrogen and oxygen atoms in total. The molecule has 0 radical (unpaired) electrons. The van der Waals surface area contributed by atoms with E-state index in [2.05, 4.69) is 12.7 Å². The smallest absolute Gasteiger partial charge is 0.335 e. The predicted octanol–water partition coefficient (Wildman–Crippen LogP) is 6.04. The zero-order valence-corrected chi connectivity index (χ0v) is 14.6. The van der Waals surface area contributed by atoms with Gasteiger partial charge in [0.1, 0.15) is 0 Å². The molecule has 2 saturated carbocycles. The molecule has 2 aliphatic rings. The summed E-state index contributed by atoms with van der Waals surface area (Å²) in [5.74, 6) is 2.55. The summed E-state index contributed by atoms with van der Waals surface area (Å²) in [6, 6.07) is 7.55. The number of carboxylic acids is 1. The van der Waals surface area contributed by atoms with Crippen molar-refractivity contribution in [1.29, 1.82) is 0 Å². The minimum Gasteiger partial charge on any atom is -0.478 e. The van der Waals surface area contributed by atoms with E-state index >= 15 is 0 Å². The van der Waals surface area contributed by atoms with Crippen LogP contribution in [0.3, 0.4) is 0 Å². The highest BCUT2D eigenvalue weighted by molar-refractivity contribution is 5.87. The van der Waals surface area contributed by atoms with E-state index in [0.717, 1.165) is 17.8 Å². The highest BCUT2D eigenvalue weighted by Crippen LogP contribution is 2.44. The van der Waals surface area contributed by atoms with E-state index < -0.39 is 5.97 Å². The molecule has 0 saturated heterocycles. The van der Waals surface area contributed by atoms with Gasteiger partial charge in [-0.2, -0.15) is 0 Å². The van der Waals surface area contributed by atoms with E-state index in [1.165, 1.54) is 63.4 Å². The summed E-state index contributed by atoms with van der Waals surface area (Å²) in [4.78, 5) is 11.0. The monoisotopic (exact) mass is 326 g/mol. The summed E-state index contributed by atoms with van der Waals surface area (Å²) in [6.45, 7) is 3.88. The first kappa shape index (κ1) is 17.3. The van der Waals surface area contributed by atoms with Gasteiger partial charge in [0, 0.05) is 0 Å². The van der Waals surface area contributed by atoms with Crippen LogP contribution in [-0.4, -0.2) is 11.1 Å². The number of rotatable bonds is 5. The molecule has 1 aromatic rings. The van der Waals surface area contributed by atoms with Gasteiger partial charge in [-0.1, -0.05) is 18.2 Å². The van der Waals surface area contributed by atoms with Crippen molar-refractivity contribution >= 4 is 5.97 Å². The third kappa shape index (κ3) is 4.09. The van der Waals surface area contributed by atoms with Crippen LogP contribution in [0.1, 0.15) is 79.6 Å². The second-order valence-electron chi connectivity index (χ2n) is 7.84. The van der Waals surface area contributed by atoms with Gasteiger partial charge in [0.15, 0.2) is 0 Å². The topological polar surface area (TPSA) is 37.3 Å². The highest BCUT2D eigenvalue weighted by atomic mass is 16.4. The normalized spacial score (nSPS) is 30.7. The summed E-state index contributed by atoms with van der Waals surface area (Å²) in [7, 11) is 0. The third-order valence-electron chi connectivity index (χ3n) is 6.46. The summed E-state index contributed by atoms with van der Waals surface area (Å²) in [5, 5.41) is 9.01. The van der Waals surface area contributed by atoms with E-state index in [-0.39, 0.29) is 0 Å². The van der Waals surface area contributed by atoms with Gasteiger partial charge in [-0.25, -0.2) is 4.79 Å². The quantitative estimate of drug-likeness (QED) is 0.670. The third-order valence-corrected chi connectivity index (χ3v) is 6.46. The maximum atomic E-state index is 11.0. The Morgan fingerprint density at radius 2 is 1.50 bits per heavy atom. The second kappa shape index (κ2) is 8.00. The Kier molecular flexibility index (Phi) is 5.76. The maximum Gasteiger partial charge on any atom is 0.335 e. The second-order valence-corrected chi connectivity index (χ2v) is 7.84. The summed E-state index contributed by atoms with van der Waals surface area (Å²) in [5.41, 5.74) is 1.72. The van der Waals surface area contributed by atoms with E-state index in [1.807, 2.05) is 12.1 Å². The van der Waals surface area contributed by atoms with Gasteiger partial charge >= 0.3 is 5.97 Å². The molecule has 3 rings (SSSR count). The number of hydrogen-bond donors (Lipinski definition) is 1. The number of benzene rings is 1. The molecule has 0 unspecified atom stereocenters. The summed E-state index contributed by atoms with van der Waals surface area (Å²) >= 11 is 0. The molecule has 0 spiro atoms. The van der Waals surface area contributed by atoms with Gasteiger partial charge in [0.05, 0.1) is 5.56 Å². The molecule has 2 fully saturated rings. The maximum absolute atomic E-state index is 11.0. The summed E-state index contributed by atoms with van der Waals surface area (Å²) < 4.78 is 0. The zero-order valence-electron chi connectivity index (χ0n) is 14.6. The van der Waals surface area contributed by atoms with E-state index in [1.54, 1.807) is 12.1 Å². The van der Waals surface area contributed by atoms with E-state index in [4.69, 9.17) is 5.11 Å². The first-order valence-corrected chi connectivity index (χ1v) is 9.61. The lowest BCUT2D eigenvalue weighted by molar-refractivity contribution is 0.0697. The van der Waals surface area contributed by atoms with Crippen LogP contribution in [-0.2, 0) is 0 Å². The van der Waals surface area contributed by atoms with Gasteiger partial charge in [-0.15, -0.1) is 6.58 Å². The Morgan fingerprint density at radius 3 is 2.00 bits per heavy atom. The molecule has 0 atom stereocenters. The van der Waals surface area contributed by atoms with E-state index in [9.17, 15) is 4.79 Å². The molecule has 0 heterocycles. The Bertz CT molecular complexity index is 544. The molecule has 0 aromatic heterocycles. The molecule has 24 heavy (non-hydrogen) atoms. The Labute approximate surface area is 146 Å². The highest BCUT2D eigenvalue weighted by Gasteiger charge is 2.30. The van der Waals surface area contributed by atoms with Crippen molar-refractivity contribution in [3.8, 4) is 0 Å². The van der Waals surface area contributed by atoms with Crippen LogP contribution in [0.5, 0.6) is 0 Å². The molecule has 2 aliphatic carbocycles. The van der Waals surface area contributed by atoms with Crippen molar-refractivity contribution in [2.45, 2.75) is 63.7 Å². The van der Waals surface area contributed by atoms with Gasteiger partial charge in [-0.3, -0.25) is 0 Å². The molecule has 0 bridgehead atoms. The van der Waals surface area contributed by atoms with Crippen LogP contribution in [0.4, 0.5) is 0 Å². The predicted molar refractivity (Wildman–Crippen MR) is 98.4 cm³/mol. The van der Waals surface area contributed by atoms with Gasteiger partial charge in [-0.05, 0) is 99.2 Å². The SMILES string of the molecule is C=CC[C@H]1CC[C@H](C2CCC(c3ccc(C(=O)O)cc3)CC2)CC1. The van der Waals surface area contributed by atoms with Crippen molar-refractivity contribution in [2.24, 2.45) is 17.8 Å². The number of allylic oxidation sites excluding steroid dienone is 1. The van der Waals surface area contributed by atoms with Crippen molar-refractivity contribution in [3.05, 3.63) is 48.0 Å². The van der Waals surface area contributed by atoms with Crippen LogP contribution >= 0.6 is 0 Å². The van der Waals surface area contributed by atoms with Crippen LogP contribution in [0.2, 0.25) is 0 Å². The lowest BCUT2D eigenvalue weighted by Crippen LogP contribution is -2.25. The van der Waals surface area contributed by atoms with Crippen molar-refractivity contribution in [2.75, 3.05) is 0 Å². The fourth-order valence-corrected chi connectivity index (χ4v) is 4.95. The van der Waals surface area contributed by atoms with Gasteiger partial charge in [0.25, 0.3) is 0 Å². The molecular formula is C22H30O2. The van der Waals surface area contributed by atoms with Crippen molar-refractivity contribution in [3.63, 3.8) is 0 Å². The van der Waals surface area contributed by atoms with Crippen molar-refractivity contribution in [1.82, 2.24) is 0 Å². The number of carboxylic acid groups (broad SMARTS) is 1. The van der Waals surface area contributed by atoms with Crippen LogP contribution in [0.25, 0.3) is 0 Å². The van der Waals surface area contributed by atoms with Crippen LogP contribution in [0.15, 0.2) is 36.9 Å². The number of aromatic carboxylic acids is 1. The molecule has 1 N–H and O–H groups in total. The fraction of sp³-hybridized carbons (Fsp3) is 0.591. The largest absolute Gasteiger partial charge is 0.478 e. The number of hydrogen-bond acceptors (Lipinski definition) is 1. The Morgan fingerprint density at radius 1 is 0.958 bits per heavy atom. The average molecular weight is 326 g/mol. The minimum absolute atomic E-state index is 0.392. The molecule has 0 aliphatic heterocycles. The standard InChI is InChI=1S/C22H30O2/c1-2-3-16-4-6-17(7-5-16)18-8-10-19(11-9-18)20-12-14-21(15-13-20)22(23)24/h2,12-19H,1,3-11H2,(H,23,24)/t16-,17-,18?,19?. The lowest BCUT2D eigenvalue weighted by Gasteiger charge is -2.38. The molecular weight excluding hydrogens is 296 g/mol. The van der Waals surface area contributed by atoms with E-state index in [0.29, 0.717) is 11.5 Å². The van der Waals surface area contributed by atoms with Crippen LogP contribution < -0.4 is 0 Å². The lowest BCUT2D eigenvalue weighted by atomic mass is 9.68. The van der Waals surface area contributed by atoms with Crippen molar-refractivity contribution < 1.29 is 9.90 Å². The Balaban J connectivity index is 1.49. The molecule has 1 aromatic carbocycles. The molecule has 130 valence electrons. The molecule has 0 amide bonds. The number of carbonyl (C=O) groups is 1. The first-order valence-electron chi connectivity index (χ1n) is 9.61.